The molecular formula is C50H33BrN8O2. The second-order valence-electron chi connectivity index (χ2n) is 14.0. The summed E-state index contributed by atoms with van der Waals surface area (Å²) in [5.74, 6) is 1.77. The van der Waals surface area contributed by atoms with Crippen molar-refractivity contribution in [3.8, 4) is 39.8 Å². The Balaban J connectivity index is 0.000000121. The second-order valence-corrected chi connectivity index (χ2v) is 14.9. The fraction of sp³-hybridized carbons (Fsp3) is 0. The molecule has 0 saturated heterocycles. The minimum atomic E-state index is 0.246. The Morgan fingerprint density at radius 2 is 0.918 bits per heavy atom. The zero-order chi connectivity index (χ0) is 41.1. The van der Waals surface area contributed by atoms with Gasteiger partial charge in [0.2, 0.25) is 0 Å². The van der Waals surface area contributed by atoms with Crippen molar-refractivity contribution in [3.05, 3.63) is 200 Å². The molecule has 10 nitrogen and oxygen atoms in total. The summed E-state index contributed by atoms with van der Waals surface area (Å²) >= 11 is 3.43. The van der Waals surface area contributed by atoms with E-state index in [1.165, 1.54) is 0 Å². The average Bonchev–Trinajstić information content (AvgIpc) is 4.03. The van der Waals surface area contributed by atoms with E-state index in [0.29, 0.717) is 0 Å². The van der Waals surface area contributed by atoms with Crippen LogP contribution in [0.3, 0.4) is 0 Å². The summed E-state index contributed by atoms with van der Waals surface area (Å²) in [6.45, 7) is 0. The Hall–Kier alpha value is -8.02. The lowest BCUT2D eigenvalue weighted by molar-refractivity contribution is 0.476. The van der Waals surface area contributed by atoms with Crippen molar-refractivity contribution in [2.45, 2.75) is 0 Å². The Labute approximate surface area is 357 Å². The van der Waals surface area contributed by atoms with E-state index in [2.05, 4.69) is 64.0 Å². The van der Waals surface area contributed by atoms with Crippen LogP contribution >= 0.6 is 15.9 Å². The fourth-order valence-corrected chi connectivity index (χ4v) is 7.87. The monoisotopic (exact) mass is 856 g/mol. The molecule has 0 atom stereocenters. The van der Waals surface area contributed by atoms with Crippen LogP contribution in [-0.4, -0.2) is 43.8 Å². The number of imidazole rings is 2. The Kier molecular flexibility index (Phi) is 9.97. The number of fused-ring (bicyclic) bond motifs is 12. The highest BCUT2D eigenvalue weighted by molar-refractivity contribution is 9.10. The minimum absolute atomic E-state index is 0.246. The minimum Gasteiger partial charge on any atom is -0.508 e. The SMILES string of the molecule is Brc1cccc(-c2ccccn2)c1.Oc1ccc2c3cccnc3n3ccnc3c2c1.c1ccc(-c2cccc(Oc3ccc4c5cccnc5n5ccnc5c4c3)c2)nc1. The summed E-state index contributed by atoms with van der Waals surface area (Å²) in [7, 11) is 0. The lowest BCUT2D eigenvalue weighted by atomic mass is 10.1. The van der Waals surface area contributed by atoms with E-state index in [9.17, 15) is 5.11 Å². The molecule has 4 aromatic carbocycles. The summed E-state index contributed by atoms with van der Waals surface area (Å²) < 4.78 is 11.2. The first-order valence-electron chi connectivity index (χ1n) is 19.4. The summed E-state index contributed by atoms with van der Waals surface area (Å²) in [6, 6.07) is 47.3. The van der Waals surface area contributed by atoms with Gasteiger partial charge in [-0.3, -0.25) is 18.8 Å². The van der Waals surface area contributed by atoms with Gasteiger partial charge in [-0.1, -0.05) is 52.3 Å². The first kappa shape index (κ1) is 37.3. The number of phenols is 1. The molecule has 0 aliphatic rings. The predicted molar refractivity (Wildman–Crippen MR) is 245 cm³/mol. The van der Waals surface area contributed by atoms with Gasteiger partial charge in [-0.15, -0.1) is 0 Å². The number of halogens is 1. The molecule has 12 aromatic rings. The van der Waals surface area contributed by atoms with Crippen molar-refractivity contribution in [2.24, 2.45) is 0 Å². The second kappa shape index (κ2) is 16.3. The summed E-state index contributed by atoms with van der Waals surface area (Å²) in [4.78, 5) is 26.6. The largest absolute Gasteiger partial charge is 0.508 e. The van der Waals surface area contributed by atoms with Crippen molar-refractivity contribution in [1.82, 2.24) is 38.7 Å². The van der Waals surface area contributed by atoms with Gasteiger partial charge in [-0.25, -0.2) is 19.9 Å². The van der Waals surface area contributed by atoms with Gasteiger partial charge in [-0.05, 0) is 120 Å². The van der Waals surface area contributed by atoms with Gasteiger partial charge in [0.05, 0.1) is 11.4 Å². The zero-order valence-corrected chi connectivity index (χ0v) is 33.9. The molecular weight excluding hydrogens is 825 g/mol. The van der Waals surface area contributed by atoms with Crippen LogP contribution in [0.1, 0.15) is 0 Å². The molecule has 0 aliphatic heterocycles. The van der Waals surface area contributed by atoms with Crippen molar-refractivity contribution >= 4 is 70.8 Å². The Bertz CT molecular complexity index is 3500. The van der Waals surface area contributed by atoms with E-state index in [1.54, 1.807) is 49.3 Å². The molecule has 0 saturated carbocycles. The van der Waals surface area contributed by atoms with Gasteiger partial charge >= 0.3 is 0 Å². The van der Waals surface area contributed by atoms with Crippen LogP contribution in [0.4, 0.5) is 0 Å². The van der Waals surface area contributed by atoms with Gasteiger partial charge < -0.3 is 9.84 Å². The normalized spacial score (nSPS) is 11.1. The first-order chi connectivity index (χ1) is 30.1. The summed E-state index contributed by atoms with van der Waals surface area (Å²) in [6.07, 6.45) is 14.5. The van der Waals surface area contributed by atoms with Crippen molar-refractivity contribution in [1.29, 1.82) is 0 Å². The number of rotatable bonds is 4. The standard InChI is InChI=1S/C25H16N4O.C14H9N3O.C11H8BrN/c1-2-11-26-23(8-1)17-5-3-6-18(15-17)30-19-9-10-20-21-7-4-12-27-24(21)29-14-13-28-25(29)22(20)16-19;18-9-3-4-10-11-2-1-5-15-13(11)17-7-6-16-14(17)12(10)8-9;12-10-5-3-4-9(8-10)11-6-1-2-7-13-11/h1-16H;1-8,18H;1-8H. The number of pyridine rings is 6. The zero-order valence-electron chi connectivity index (χ0n) is 32.3. The van der Waals surface area contributed by atoms with E-state index in [4.69, 9.17) is 4.74 Å². The highest BCUT2D eigenvalue weighted by Crippen LogP contribution is 2.34. The van der Waals surface area contributed by atoms with Crippen LogP contribution in [0.5, 0.6) is 17.2 Å². The number of aromatic nitrogens is 8. The van der Waals surface area contributed by atoms with E-state index in [1.807, 2.05) is 136 Å². The average molecular weight is 858 g/mol. The maximum atomic E-state index is 9.65. The van der Waals surface area contributed by atoms with Crippen molar-refractivity contribution < 1.29 is 9.84 Å². The molecule has 292 valence electrons. The molecule has 0 unspecified atom stereocenters. The lowest BCUT2D eigenvalue weighted by Crippen LogP contribution is -1.93. The number of hydrogen-bond donors (Lipinski definition) is 1. The van der Waals surface area contributed by atoms with E-state index in [0.717, 1.165) is 93.4 Å². The quantitative estimate of drug-likeness (QED) is 0.174. The third kappa shape index (κ3) is 7.45. The number of nitrogens with zero attached hydrogens (tertiary/aromatic N) is 8. The van der Waals surface area contributed by atoms with Crippen LogP contribution in [0, 0.1) is 0 Å². The highest BCUT2D eigenvalue weighted by Gasteiger charge is 2.13. The molecule has 8 heterocycles. The molecule has 0 fully saturated rings. The van der Waals surface area contributed by atoms with E-state index < -0.39 is 0 Å². The lowest BCUT2D eigenvalue weighted by Gasteiger charge is -2.11. The van der Waals surface area contributed by atoms with Crippen LogP contribution in [-0.2, 0) is 0 Å². The predicted octanol–water partition coefficient (Wildman–Crippen LogP) is 12.1. The van der Waals surface area contributed by atoms with Crippen LogP contribution in [0.25, 0.3) is 77.4 Å². The number of aromatic hydroxyl groups is 1. The van der Waals surface area contributed by atoms with Crippen molar-refractivity contribution in [3.63, 3.8) is 0 Å². The molecule has 8 aromatic heterocycles. The Morgan fingerprint density at radius 3 is 1.52 bits per heavy atom. The smallest absolute Gasteiger partial charge is 0.146 e. The molecule has 0 amide bonds. The topological polar surface area (TPSA) is 116 Å². The highest BCUT2D eigenvalue weighted by atomic mass is 79.9. The molecule has 0 radical (unpaired) electrons. The number of phenolic OH excluding ortho intramolecular Hbond substituents is 1. The molecule has 12 rings (SSSR count). The van der Waals surface area contributed by atoms with E-state index in [-0.39, 0.29) is 5.75 Å². The van der Waals surface area contributed by atoms with Crippen LogP contribution in [0.2, 0.25) is 0 Å². The molecule has 61 heavy (non-hydrogen) atoms. The first-order valence-corrected chi connectivity index (χ1v) is 20.2. The maximum Gasteiger partial charge on any atom is 0.146 e. The number of ether oxygens (including phenoxy) is 1. The van der Waals surface area contributed by atoms with E-state index >= 15 is 0 Å². The summed E-state index contributed by atoms with van der Waals surface area (Å²) in [5, 5.41) is 15.9. The van der Waals surface area contributed by atoms with Crippen LogP contribution < -0.4 is 4.74 Å². The van der Waals surface area contributed by atoms with Crippen molar-refractivity contribution in [2.75, 3.05) is 0 Å². The van der Waals surface area contributed by atoms with Crippen LogP contribution in [0.15, 0.2) is 200 Å². The fourth-order valence-electron chi connectivity index (χ4n) is 7.47. The molecule has 0 spiro atoms. The van der Waals surface area contributed by atoms with Gasteiger partial charge in [0.15, 0.2) is 0 Å². The third-order valence-electron chi connectivity index (χ3n) is 10.2. The maximum absolute atomic E-state index is 9.65. The third-order valence-corrected chi connectivity index (χ3v) is 10.7. The van der Waals surface area contributed by atoms with Gasteiger partial charge in [-0.2, -0.15) is 0 Å². The molecule has 0 bridgehead atoms. The molecule has 1 N–H and O–H groups in total. The molecule has 0 aliphatic carbocycles. The molecule has 11 heteroatoms. The van der Waals surface area contributed by atoms with Gasteiger partial charge in [0.25, 0.3) is 0 Å². The summed E-state index contributed by atoms with van der Waals surface area (Å²) in [5.41, 5.74) is 7.52. The van der Waals surface area contributed by atoms with Gasteiger partial charge in [0, 0.05) is 86.7 Å². The number of benzene rings is 4. The Morgan fingerprint density at radius 1 is 0.393 bits per heavy atom. The van der Waals surface area contributed by atoms with Gasteiger partial charge in [0.1, 0.15) is 39.8 Å². The number of hydrogen-bond acceptors (Lipinski definition) is 8.